The zero-order chi connectivity index (χ0) is 10.8. The van der Waals surface area contributed by atoms with E-state index in [2.05, 4.69) is 4.98 Å². The van der Waals surface area contributed by atoms with Gasteiger partial charge in [0.05, 0.1) is 14.9 Å². The second-order valence-corrected chi connectivity index (χ2v) is 4.63. The molecule has 0 saturated carbocycles. The van der Waals surface area contributed by atoms with Gasteiger partial charge in [0.2, 0.25) is 0 Å². The number of hydrogen-bond donors (Lipinski definition) is 0. The van der Waals surface area contributed by atoms with E-state index in [0.29, 0.717) is 21.3 Å². The number of benzene rings is 1. The van der Waals surface area contributed by atoms with Gasteiger partial charge in [-0.05, 0) is 6.07 Å². The van der Waals surface area contributed by atoms with E-state index in [4.69, 9.17) is 23.2 Å². The third kappa shape index (κ3) is 2.04. The Morgan fingerprint density at radius 3 is 2.80 bits per heavy atom. The van der Waals surface area contributed by atoms with Crippen LogP contribution in [-0.4, -0.2) is 11.3 Å². The Balaban J connectivity index is 2.53. The topological polar surface area (TPSA) is 30.0 Å². The standard InChI is InChI=1S/C10H5Cl2NOS/c11-7-3-1-2-6(10(7)12)8-4-13-9(5-14)15-8/h1-5H. The summed E-state index contributed by atoms with van der Waals surface area (Å²) < 4.78 is 0. The van der Waals surface area contributed by atoms with Crippen LogP contribution in [0.4, 0.5) is 0 Å². The SMILES string of the molecule is O=Cc1ncc(-c2cccc(Cl)c2Cl)s1. The monoisotopic (exact) mass is 257 g/mol. The van der Waals surface area contributed by atoms with Crippen LogP contribution >= 0.6 is 34.5 Å². The van der Waals surface area contributed by atoms with E-state index >= 15 is 0 Å². The number of halogens is 2. The molecule has 0 radical (unpaired) electrons. The van der Waals surface area contributed by atoms with Crippen molar-refractivity contribution in [3.63, 3.8) is 0 Å². The molecular formula is C10H5Cl2NOS. The molecule has 0 atom stereocenters. The molecule has 2 rings (SSSR count). The van der Waals surface area contributed by atoms with Gasteiger partial charge >= 0.3 is 0 Å². The van der Waals surface area contributed by atoms with Gasteiger partial charge in [-0.15, -0.1) is 11.3 Å². The maximum absolute atomic E-state index is 10.5. The molecule has 1 aromatic heterocycles. The number of thiazole rings is 1. The van der Waals surface area contributed by atoms with Crippen molar-refractivity contribution >= 4 is 40.8 Å². The molecule has 0 unspecified atom stereocenters. The van der Waals surface area contributed by atoms with Gasteiger partial charge < -0.3 is 0 Å². The van der Waals surface area contributed by atoms with Crippen LogP contribution < -0.4 is 0 Å². The minimum Gasteiger partial charge on any atom is -0.295 e. The molecule has 0 fully saturated rings. The molecule has 0 spiro atoms. The summed E-state index contributed by atoms with van der Waals surface area (Å²) in [5, 5.41) is 1.41. The maximum atomic E-state index is 10.5. The van der Waals surface area contributed by atoms with E-state index in [1.165, 1.54) is 11.3 Å². The van der Waals surface area contributed by atoms with Crippen LogP contribution in [0.25, 0.3) is 10.4 Å². The Hall–Kier alpha value is -0.900. The predicted molar refractivity (Wildman–Crippen MR) is 63.0 cm³/mol. The third-order valence-electron chi connectivity index (χ3n) is 1.84. The van der Waals surface area contributed by atoms with Gasteiger partial charge in [0.25, 0.3) is 0 Å². The van der Waals surface area contributed by atoms with E-state index in [9.17, 15) is 4.79 Å². The molecule has 0 amide bonds. The minimum atomic E-state index is 0.432. The predicted octanol–water partition coefficient (Wildman–Crippen LogP) is 3.93. The third-order valence-corrected chi connectivity index (χ3v) is 3.62. The summed E-state index contributed by atoms with van der Waals surface area (Å²) in [5.41, 5.74) is 0.801. The van der Waals surface area contributed by atoms with Crippen molar-refractivity contribution in [3.8, 4) is 10.4 Å². The van der Waals surface area contributed by atoms with Crippen molar-refractivity contribution in [1.29, 1.82) is 0 Å². The lowest BCUT2D eigenvalue weighted by Gasteiger charge is -2.01. The molecule has 0 aliphatic carbocycles. The molecule has 0 saturated heterocycles. The van der Waals surface area contributed by atoms with Gasteiger partial charge in [-0.1, -0.05) is 35.3 Å². The molecule has 2 aromatic rings. The van der Waals surface area contributed by atoms with Gasteiger partial charge in [-0.3, -0.25) is 4.79 Å². The first kappa shape index (κ1) is 10.6. The second-order valence-electron chi connectivity index (χ2n) is 2.78. The molecule has 0 aliphatic heterocycles. The van der Waals surface area contributed by atoms with Crippen molar-refractivity contribution in [3.05, 3.63) is 39.4 Å². The van der Waals surface area contributed by atoms with Crippen LogP contribution in [0.15, 0.2) is 24.4 Å². The summed E-state index contributed by atoms with van der Waals surface area (Å²) in [6.45, 7) is 0. The summed E-state index contributed by atoms with van der Waals surface area (Å²) in [6, 6.07) is 5.37. The summed E-state index contributed by atoms with van der Waals surface area (Å²) >= 11 is 13.2. The van der Waals surface area contributed by atoms with Crippen molar-refractivity contribution in [2.45, 2.75) is 0 Å². The van der Waals surface area contributed by atoms with Crippen LogP contribution in [0.5, 0.6) is 0 Å². The molecule has 5 heteroatoms. The Bertz CT molecular complexity index is 510. The minimum absolute atomic E-state index is 0.432. The number of carbonyl (C=O) groups excluding carboxylic acids is 1. The van der Waals surface area contributed by atoms with Gasteiger partial charge in [0.1, 0.15) is 0 Å². The Labute approximate surface area is 100 Å². The van der Waals surface area contributed by atoms with Crippen LogP contribution in [0.3, 0.4) is 0 Å². The van der Waals surface area contributed by atoms with Crippen LogP contribution in [0.2, 0.25) is 10.0 Å². The van der Waals surface area contributed by atoms with Gasteiger partial charge in [0.15, 0.2) is 11.3 Å². The molecule has 0 N–H and O–H groups in total. The zero-order valence-electron chi connectivity index (χ0n) is 7.41. The molecular weight excluding hydrogens is 253 g/mol. The smallest absolute Gasteiger partial charge is 0.178 e. The van der Waals surface area contributed by atoms with Gasteiger partial charge in [0, 0.05) is 11.8 Å². The number of rotatable bonds is 2. The number of hydrogen-bond acceptors (Lipinski definition) is 3. The number of carbonyl (C=O) groups is 1. The normalized spacial score (nSPS) is 10.3. The highest BCUT2D eigenvalue weighted by Crippen LogP contribution is 2.35. The van der Waals surface area contributed by atoms with E-state index in [1.54, 1.807) is 12.3 Å². The quantitative estimate of drug-likeness (QED) is 0.764. The van der Waals surface area contributed by atoms with E-state index < -0.39 is 0 Å². The Morgan fingerprint density at radius 1 is 1.33 bits per heavy atom. The largest absolute Gasteiger partial charge is 0.295 e. The van der Waals surface area contributed by atoms with Gasteiger partial charge in [-0.25, -0.2) is 4.98 Å². The van der Waals surface area contributed by atoms with Crippen molar-refractivity contribution < 1.29 is 4.79 Å². The average molecular weight is 258 g/mol. The fourth-order valence-electron chi connectivity index (χ4n) is 1.16. The lowest BCUT2D eigenvalue weighted by Crippen LogP contribution is -1.75. The Kier molecular flexibility index (Phi) is 3.05. The lowest BCUT2D eigenvalue weighted by molar-refractivity contribution is 0.112. The van der Waals surface area contributed by atoms with Gasteiger partial charge in [-0.2, -0.15) is 0 Å². The van der Waals surface area contributed by atoms with Crippen molar-refractivity contribution in [2.24, 2.45) is 0 Å². The highest BCUT2D eigenvalue weighted by Gasteiger charge is 2.09. The first-order valence-electron chi connectivity index (χ1n) is 4.08. The second kappa shape index (κ2) is 4.31. The fourth-order valence-corrected chi connectivity index (χ4v) is 2.38. The summed E-state index contributed by atoms with van der Waals surface area (Å²) in [4.78, 5) is 15.3. The van der Waals surface area contributed by atoms with Crippen LogP contribution in [0, 0.1) is 0 Å². The Morgan fingerprint density at radius 2 is 2.13 bits per heavy atom. The first-order valence-corrected chi connectivity index (χ1v) is 5.65. The molecule has 1 aromatic carbocycles. The summed E-state index contributed by atoms with van der Waals surface area (Å²) in [7, 11) is 0. The summed E-state index contributed by atoms with van der Waals surface area (Å²) in [6.07, 6.45) is 2.33. The maximum Gasteiger partial charge on any atom is 0.178 e. The average Bonchev–Trinajstić information content (AvgIpc) is 2.70. The molecule has 15 heavy (non-hydrogen) atoms. The van der Waals surface area contributed by atoms with E-state index in [-0.39, 0.29) is 0 Å². The van der Waals surface area contributed by atoms with E-state index in [0.717, 1.165) is 10.4 Å². The first-order chi connectivity index (χ1) is 7.22. The van der Waals surface area contributed by atoms with Crippen LogP contribution in [-0.2, 0) is 0 Å². The molecule has 0 bridgehead atoms. The van der Waals surface area contributed by atoms with Crippen LogP contribution in [0.1, 0.15) is 9.80 Å². The van der Waals surface area contributed by atoms with Crippen molar-refractivity contribution in [2.75, 3.05) is 0 Å². The van der Waals surface area contributed by atoms with E-state index in [1.807, 2.05) is 12.1 Å². The fraction of sp³-hybridized carbons (Fsp3) is 0. The highest BCUT2D eigenvalue weighted by atomic mass is 35.5. The number of aromatic nitrogens is 1. The lowest BCUT2D eigenvalue weighted by atomic mass is 10.2. The molecule has 2 nitrogen and oxygen atoms in total. The van der Waals surface area contributed by atoms with Crippen molar-refractivity contribution in [1.82, 2.24) is 4.98 Å². The highest BCUT2D eigenvalue weighted by molar-refractivity contribution is 7.16. The number of nitrogens with zero attached hydrogens (tertiary/aromatic N) is 1. The molecule has 0 aliphatic rings. The number of aldehydes is 1. The molecule has 76 valence electrons. The zero-order valence-corrected chi connectivity index (χ0v) is 9.73. The molecule has 1 heterocycles. The summed E-state index contributed by atoms with van der Waals surface area (Å²) in [5.74, 6) is 0.